The van der Waals surface area contributed by atoms with Crippen LogP contribution in [0.5, 0.6) is 5.75 Å². The lowest BCUT2D eigenvalue weighted by Crippen LogP contribution is -2.25. The average Bonchev–Trinajstić information content (AvgIpc) is 3.28. The maximum Gasteiger partial charge on any atom is 0.311 e. The molecule has 0 spiro atoms. The summed E-state index contributed by atoms with van der Waals surface area (Å²) in [5.41, 5.74) is 0.511. The van der Waals surface area contributed by atoms with Crippen molar-refractivity contribution in [2.75, 3.05) is 0 Å². The third kappa shape index (κ3) is 4.51. The minimum Gasteiger partial charge on any atom is -0.460 e. The first kappa shape index (κ1) is 18.2. The van der Waals surface area contributed by atoms with Crippen LogP contribution in [0.25, 0.3) is 0 Å². The van der Waals surface area contributed by atoms with E-state index in [2.05, 4.69) is 0 Å². The quantitative estimate of drug-likeness (QED) is 0.593. The topological polar surface area (TPSA) is 52.6 Å². The molecule has 0 amide bonds. The van der Waals surface area contributed by atoms with E-state index in [-0.39, 0.29) is 36.1 Å². The van der Waals surface area contributed by atoms with Gasteiger partial charge in [-0.25, -0.2) is 0 Å². The Morgan fingerprint density at radius 2 is 1.50 bits per heavy atom. The second kappa shape index (κ2) is 7.32. The molecule has 0 aromatic heterocycles. The molecule has 2 aromatic rings. The number of carbonyl (C=O) groups is 2. The van der Waals surface area contributed by atoms with Gasteiger partial charge in [0.05, 0.1) is 12.3 Å². The van der Waals surface area contributed by atoms with Crippen LogP contribution in [-0.4, -0.2) is 17.5 Å². The number of esters is 2. The van der Waals surface area contributed by atoms with E-state index in [1.807, 2.05) is 69.3 Å². The number of hydrogen-bond acceptors (Lipinski definition) is 4. The van der Waals surface area contributed by atoms with Crippen molar-refractivity contribution in [1.29, 1.82) is 0 Å². The first-order chi connectivity index (χ1) is 12.3. The zero-order valence-electron chi connectivity index (χ0n) is 15.3. The Hall–Kier alpha value is -2.62. The van der Waals surface area contributed by atoms with Crippen molar-refractivity contribution in [1.82, 2.24) is 0 Å². The van der Waals surface area contributed by atoms with E-state index in [0.717, 1.165) is 5.56 Å². The van der Waals surface area contributed by atoms with E-state index in [0.29, 0.717) is 5.75 Å². The SMILES string of the molecule is CC(C)(C)OC(=O)[C@@H]1[C@@H](CC(=O)Oc2ccccc2)[C@@H]1c1ccccc1. The summed E-state index contributed by atoms with van der Waals surface area (Å²) in [7, 11) is 0. The molecule has 1 fully saturated rings. The zero-order valence-corrected chi connectivity index (χ0v) is 15.3. The Kier molecular flexibility index (Phi) is 5.12. The molecule has 0 saturated heterocycles. The van der Waals surface area contributed by atoms with E-state index < -0.39 is 5.60 Å². The first-order valence-electron chi connectivity index (χ1n) is 8.89. The predicted octanol–water partition coefficient (Wildman–Crippen LogP) is 4.35. The highest BCUT2D eigenvalue weighted by molar-refractivity contribution is 5.81. The van der Waals surface area contributed by atoms with Crippen LogP contribution < -0.4 is 4.74 Å². The Balaban J connectivity index is 1.70. The molecule has 1 aliphatic rings. The summed E-state index contributed by atoms with van der Waals surface area (Å²) in [5.74, 6) is -0.460. The highest BCUT2D eigenvalue weighted by atomic mass is 16.6. The summed E-state index contributed by atoms with van der Waals surface area (Å²) in [5, 5.41) is 0. The van der Waals surface area contributed by atoms with Crippen molar-refractivity contribution in [3.05, 3.63) is 66.2 Å². The highest BCUT2D eigenvalue weighted by Crippen LogP contribution is 2.56. The molecule has 0 radical (unpaired) electrons. The van der Waals surface area contributed by atoms with Crippen molar-refractivity contribution in [2.45, 2.75) is 38.7 Å². The minimum atomic E-state index is -0.546. The Labute approximate surface area is 154 Å². The molecular formula is C22H24O4. The van der Waals surface area contributed by atoms with Gasteiger partial charge in [0.1, 0.15) is 11.4 Å². The van der Waals surface area contributed by atoms with E-state index in [1.165, 1.54) is 0 Å². The van der Waals surface area contributed by atoms with Gasteiger partial charge in [0.25, 0.3) is 0 Å². The normalized spacial score (nSPS) is 21.7. The number of rotatable bonds is 5. The summed E-state index contributed by atoms with van der Waals surface area (Å²) in [6.07, 6.45) is 0.193. The van der Waals surface area contributed by atoms with Gasteiger partial charge in [-0.3, -0.25) is 9.59 Å². The average molecular weight is 352 g/mol. The second-order valence-corrected chi connectivity index (χ2v) is 7.65. The molecule has 1 aliphatic carbocycles. The highest BCUT2D eigenvalue weighted by Gasteiger charge is 2.57. The smallest absolute Gasteiger partial charge is 0.311 e. The molecule has 136 valence electrons. The van der Waals surface area contributed by atoms with Crippen molar-refractivity contribution >= 4 is 11.9 Å². The molecule has 4 heteroatoms. The fourth-order valence-electron chi connectivity index (χ4n) is 3.30. The molecule has 3 atom stereocenters. The fourth-order valence-corrected chi connectivity index (χ4v) is 3.30. The van der Waals surface area contributed by atoms with Gasteiger partial charge in [0.2, 0.25) is 0 Å². The van der Waals surface area contributed by atoms with Crippen molar-refractivity contribution < 1.29 is 19.1 Å². The van der Waals surface area contributed by atoms with E-state index in [4.69, 9.17) is 9.47 Å². The standard InChI is InChI=1S/C22H24O4/c1-22(2,3)26-21(24)20-17(19(20)15-10-6-4-7-11-15)14-18(23)25-16-12-8-5-9-13-16/h4-13,17,19-20H,14H2,1-3H3/t17-,19-,20+/m0/s1. The number of benzene rings is 2. The maximum atomic E-state index is 12.6. The van der Waals surface area contributed by atoms with Crippen LogP contribution in [0.1, 0.15) is 38.7 Å². The van der Waals surface area contributed by atoms with E-state index >= 15 is 0 Å². The van der Waals surface area contributed by atoms with Gasteiger partial charge in [-0.15, -0.1) is 0 Å². The molecule has 0 unspecified atom stereocenters. The van der Waals surface area contributed by atoms with Crippen molar-refractivity contribution in [2.24, 2.45) is 11.8 Å². The van der Waals surface area contributed by atoms with Crippen LogP contribution >= 0.6 is 0 Å². The van der Waals surface area contributed by atoms with Crippen LogP contribution in [0.2, 0.25) is 0 Å². The van der Waals surface area contributed by atoms with Crippen molar-refractivity contribution in [3.8, 4) is 5.75 Å². The lowest BCUT2D eigenvalue weighted by Gasteiger charge is -2.19. The molecule has 2 aromatic carbocycles. The number of carbonyl (C=O) groups excluding carboxylic acids is 2. The summed E-state index contributed by atoms with van der Waals surface area (Å²) in [6.45, 7) is 5.55. The van der Waals surface area contributed by atoms with Gasteiger partial charge >= 0.3 is 11.9 Å². The predicted molar refractivity (Wildman–Crippen MR) is 98.7 cm³/mol. The molecule has 3 rings (SSSR count). The lowest BCUT2D eigenvalue weighted by atomic mass is 10.1. The fraction of sp³-hybridized carbons (Fsp3) is 0.364. The van der Waals surface area contributed by atoms with E-state index in [1.54, 1.807) is 12.1 Å². The summed E-state index contributed by atoms with van der Waals surface area (Å²) >= 11 is 0. The largest absolute Gasteiger partial charge is 0.460 e. The Bertz CT molecular complexity index is 762. The van der Waals surface area contributed by atoms with Gasteiger partial charge in [0, 0.05) is 5.92 Å². The maximum absolute atomic E-state index is 12.6. The molecular weight excluding hydrogens is 328 g/mol. The monoisotopic (exact) mass is 352 g/mol. The molecule has 0 N–H and O–H groups in total. The molecule has 0 bridgehead atoms. The lowest BCUT2D eigenvalue weighted by molar-refractivity contribution is -0.157. The zero-order chi connectivity index (χ0) is 18.7. The summed E-state index contributed by atoms with van der Waals surface area (Å²) in [4.78, 5) is 24.9. The Morgan fingerprint density at radius 1 is 0.923 bits per heavy atom. The number of para-hydroxylation sites is 1. The molecule has 0 heterocycles. The van der Waals surface area contributed by atoms with Gasteiger partial charge in [0.15, 0.2) is 0 Å². The number of ether oxygens (including phenoxy) is 2. The first-order valence-corrected chi connectivity index (χ1v) is 8.89. The van der Waals surface area contributed by atoms with E-state index in [9.17, 15) is 9.59 Å². The Morgan fingerprint density at radius 3 is 2.08 bits per heavy atom. The minimum absolute atomic E-state index is 0.00521. The second-order valence-electron chi connectivity index (χ2n) is 7.65. The third-order valence-electron chi connectivity index (χ3n) is 4.41. The molecule has 1 saturated carbocycles. The van der Waals surface area contributed by atoms with Crippen LogP contribution in [0.3, 0.4) is 0 Å². The van der Waals surface area contributed by atoms with Gasteiger partial charge < -0.3 is 9.47 Å². The van der Waals surface area contributed by atoms with Crippen LogP contribution in [0, 0.1) is 11.8 Å². The molecule has 0 aliphatic heterocycles. The number of hydrogen-bond donors (Lipinski definition) is 0. The molecule has 26 heavy (non-hydrogen) atoms. The third-order valence-corrected chi connectivity index (χ3v) is 4.41. The van der Waals surface area contributed by atoms with Gasteiger partial charge in [-0.2, -0.15) is 0 Å². The summed E-state index contributed by atoms with van der Waals surface area (Å²) < 4.78 is 10.9. The van der Waals surface area contributed by atoms with Crippen LogP contribution in [0.4, 0.5) is 0 Å². The summed E-state index contributed by atoms with van der Waals surface area (Å²) in [6, 6.07) is 18.8. The van der Waals surface area contributed by atoms with Crippen molar-refractivity contribution in [3.63, 3.8) is 0 Å². The molecule has 4 nitrogen and oxygen atoms in total. The van der Waals surface area contributed by atoms with Gasteiger partial charge in [-0.1, -0.05) is 48.5 Å². The van der Waals surface area contributed by atoms with Crippen LogP contribution in [-0.2, 0) is 14.3 Å². The van der Waals surface area contributed by atoms with Gasteiger partial charge in [-0.05, 0) is 44.4 Å². The van der Waals surface area contributed by atoms with Crippen LogP contribution in [0.15, 0.2) is 60.7 Å².